The number of primary amides is 1. The average Bonchev–Trinajstić information content (AvgIpc) is 0.888. The van der Waals surface area contributed by atoms with Gasteiger partial charge in [-0.25, -0.2) is 4.79 Å². The topological polar surface area (TPSA) is 802 Å². The first-order valence-electron chi connectivity index (χ1n) is 41.7. The Morgan fingerprint density at radius 3 is 1.61 bits per heavy atom. The number of carbonyl (C=O) groups is 19. The van der Waals surface area contributed by atoms with Gasteiger partial charge in [-0.1, -0.05) is 126 Å². The van der Waals surface area contributed by atoms with Crippen LogP contribution < -0.4 is 113 Å². The fourth-order valence-electron chi connectivity index (χ4n) is 12.2. The smallest absolute Gasteiger partial charge is 0.326 e. The summed E-state index contributed by atoms with van der Waals surface area (Å²) in [4.78, 5) is 260. The van der Waals surface area contributed by atoms with Gasteiger partial charge in [-0.15, -0.1) is 0 Å². The maximum atomic E-state index is 15.1. The van der Waals surface area contributed by atoms with Crippen molar-refractivity contribution in [2.45, 2.75) is 224 Å². The molecule has 130 heavy (non-hydrogen) atoms. The molecule has 724 valence electrons. The summed E-state index contributed by atoms with van der Waals surface area (Å²) in [6.07, 6.45) is -3.08. The second-order valence-corrected chi connectivity index (χ2v) is 34.0. The summed E-state index contributed by atoms with van der Waals surface area (Å²) >= 11 is 0. The molecule has 16 amide bonds. The third-order valence-corrected chi connectivity index (χ3v) is 21.8. The SMILES string of the molecule is CC(=O)O.CC[C@H](C)[C@H](NC(=O)[C@H](CCCNC(=N)N)NC(=O)[C@H](CC(C)C)NC(=O)[C@@H](N)Cc1ccc(O)cc1)C(=O)N[C@H](C(=O)N[C@@H](CCC(N)=O)C(=O)N[C@H]1CSSC[C@@H](C(=O)NCC(=O)N[C@@H](Cc2ccccc2)C(=O)O)NC(=O)[C@H](CO)NC(=O)CNC(=O)[C@H](CCC(=O)O)NC(=O)[C@H](C(C)C)NC(=O)[C@H](CO)NC(=O)[C@H](CCCNC(=N)N)NC1=O)C(C)C. The normalized spacial score (nSPS) is 19.3. The van der Waals surface area contributed by atoms with Crippen LogP contribution in [0.4, 0.5) is 0 Å². The lowest BCUT2D eigenvalue weighted by Crippen LogP contribution is -2.62. The number of hydrogen-bond acceptors (Lipinski definition) is 27. The summed E-state index contributed by atoms with van der Waals surface area (Å²) in [5, 5.41) is 115. The first kappa shape index (κ1) is 113. The van der Waals surface area contributed by atoms with E-state index in [-0.39, 0.29) is 69.7 Å². The third-order valence-electron chi connectivity index (χ3n) is 19.4. The van der Waals surface area contributed by atoms with Crippen LogP contribution in [0.5, 0.6) is 5.75 Å². The van der Waals surface area contributed by atoms with Crippen molar-refractivity contribution in [1.29, 1.82) is 10.8 Å². The molecule has 1 aliphatic heterocycles. The minimum atomic E-state index is -1.96. The summed E-state index contributed by atoms with van der Waals surface area (Å²) < 4.78 is 0. The number of carbonyl (C=O) groups excluding carboxylic acids is 16. The van der Waals surface area contributed by atoms with Gasteiger partial charge in [0.15, 0.2) is 11.9 Å². The number of aliphatic hydroxyl groups is 2. The second-order valence-electron chi connectivity index (χ2n) is 31.5. The molecule has 33 N–H and O–H groups in total. The lowest BCUT2D eigenvalue weighted by molar-refractivity contribution is -0.142. The highest BCUT2D eigenvalue weighted by atomic mass is 33.1. The van der Waals surface area contributed by atoms with E-state index in [4.69, 9.17) is 43.7 Å². The van der Waals surface area contributed by atoms with E-state index in [1.54, 1.807) is 70.2 Å². The van der Waals surface area contributed by atoms with Crippen LogP contribution in [0.1, 0.15) is 138 Å². The van der Waals surface area contributed by atoms with Crippen LogP contribution in [0.3, 0.4) is 0 Å². The predicted octanol–water partition coefficient (Wildman–Crippen LogP) is -7.34. The van der Waals surface area contributed by atoms with Crippen LogP contribution in [-0.4, -0.2) is 290 Å². The molecule has 0 aromatic heterocycles. The minimum Gasteiger partial charge on any atom is -0.508 e. The van der Waals surface area contributed by atoms with E-state index in [1.807, 2.05) is 0 Å². The summed E-state index contributed by atoms with van der Waals surface area (Å²) in [6, 6.07) is -9.07. The van der Waals surface area contributed by atoms with E-state index in [1.165, 1.54) is 39.8 Å². The van der Waals surface area contributed by atoms with Crippen LogP contribution in [0.25, 0.3) is 0 Å². The molecule has 50 heteroatoms. The Hall–Kier alpha value is -12.7. The minimum absolute atomic E-state index is 0.0164. The van der Waals surface area contributed by atoms with Gasteiger partial charge in [0.25, 0.3) is 5.97 Å². The van der Waals surface area contributed by atoms with Crippen LogP contribution in [-0.2, 0) is 104 Å². The van der Waals surface area contributed by atoms with Gasteiger partial charge in [-0.05, 0) is 98.3 Å². The van der Waals surface area contributed by atoms with Crippen molar-refractivity contribution in [2.24, 2.45) is 46.6 Å². The number of phenolic OH excluding ortho intramolecular Hbond substituents is 1. The zero-order chi connectivity index (χ0) is 98.2. The fraction of sp³-hybridized carbons (Fsp3) is 0.588. The molecule has 0 spiro atoms. The standard InChI is InChI=1S/C78H123N23O23S2.C2H4O2/c1-9-41(8)62(101-68(115)47(18-14-28-86-78(83)84)91-69(116)50(29-38(2)3)95-63(110)45(79)30-43-19-21-44(104)22-20-43)75(122)100-61(40(6)7)74(121)94-49(23-25-56(80)105)67(114)98-55-37-126-125-36-54(65(112)88-32-57(106)89-51(76(123)124)31-42-15-11-10-12-16-42)97-70(117)52(34-102)90-58(107)33-87-64(111)48(24-26-59(108)109)93-73(120)60(39(4)5)99-71(118)53(35-103)96-66(113)46(92-72(55)119)17-13-27-85-77(81)82;1-2(3)4/h10-12,15-16,19-22,38-41,45-55,60-62,102-104H,9,13-14,17-18,23-37,79H2,1-8H3,(H2,80,105)(H,87,111)(H,88,112)(H,89,106)(H,90,107)(H,91,116)(H,92,119)(H,93,120)(H,94,121)(H,95,110)(H,96,113)(H,97,117)(H,98,114)(H,99,118)(H,100,122)(H,101,115)(H,108,109)(H,123,124)(H4,81,82,85)(H4,83,84,86);1H3,(H,3,4)/t41-,45-,46-,47-,48-,49-,50-,51-,52-,53-,54-,55-,60-,61-,62-;/m0./s1. The Bertz CT molecular complexity index is 4190. The Balaban J connectivity index is 0.0000140. The zero-order valence-electron chi connectivity index (χ0n) is 73.8. The number of carboxylic acids is 3. The van der Waals surface area contributed by atoms with Gasteiger partial charge in [0.1, 0.15) is 84.3 Å². The molecule has 1 aliphatic rings. The lowest BCUT2D eigenvalue weighted by Gasteiger charge is -2.31. The Labute approximate surface area is 758 Å². The fourth-order valence-corrected chi connectivity index (χ4v) is 14.5. The number of amides is 16. The number of rotatable bonds is 43. The largest absolute Gasteiger partial charge is 0.508 e. The first-order chi connectivity index (χ1) is 61.1. The number of nitrogens with one attached hydrogen (secondary N) is 19. The highest BCUT2D eigenvalue weighted by molar-refractivity contribution is 8.76. The number of guanidine groups is 2. The highest BCUT2D eigenvalue weighted by Gasteiger charge is 2.40. The number of nitrogens with two attached hydrogens (primary N) is 4. The predicted molar refractivity (Wildman–Crippen MR) is 473 cm³/mol. The van der Waals surface area contributed by atoms with E-state index >= 15 is 9.59 Å². The summed E-state index contributed by atoms with van der Waals surface area (Å²) in [7, 11) is 1.34. The Kier molecular flexibility index (Phi) is 51.8. The highest BCUT2D eigenvalue weighted by Crippen LogP contribution is 2.25. The summed E-state index contributed by atoms with van der Waals surface area (Å²) in [5.41, 5.74) is 24.1. The lowest BCUT2D eigenvalue weighted by atomic mass is 9.95. The van der Waals surface area contributed by atoms with E-state index in [2.05, 4.69) is 90.4 Å². The number of aliphatic hydroxyl groups excluding tert-OH is 2. The molecular formula is C80H127N23O25S2. The Morgan fingerprint density at radius 2 is 1.05 bits per heavy atom. The van der Waals surface area contributed by atoms with Crippen LogP contribution in [0.15, 0.2) is 54.6 Å². The molecule has 1 fully saturated rings. The number of aliphatic carboxylic acids is 3. The molecule has 0 bridgehead atoms. The molecule has 15 atom stereocenters. The number of aromatic hydroxyl groups is 1. The maximum Gasteiger partial charge on any atom is 0.326 e. The third kappa shape index (κ3) is 44.3. The van der Waals surface area contributed by atoms with Crippen molar-refractivity contribution in [1.82, 2.24) is 90.4 Å². The van der Waals surface area contributed by atoms with Gasteiger partial charge in [0, 0.05) is 50.8 Å². The zero-order valence-corrected chi connectivity index (χ0v) is 75.4. The van der Waals surface area contributed by atoms with Crippen molar-refractivity contribution in [2.75, 3.05) is 50.9 Å². The van der Waals surface area contributed by atoms with Crippen LogP contribution >= 0.6 is 21.6 Å². The molecule has 1 saturated heterocycles. The van der Waals surface area contributed by atoms with Crippen LogP contribution in [0, 0.1) is 34.5 Å². The second kappa shape index (κ2) is 59.4. The van der Waals surface area contributed by atoms with Gasteiger partial charge in [0.2, 0.25) is 94.5 Å². The molecule has 0 aliphatic carbocycles. The molecule has 2 aromatic rings. The number of hydrogen-bond donors (Lipinski definition) is 29. The van der Waals surface area contributed by atoms with E-state index in [0.717, 1.165) is 6.92 Å². The van der Waals surface area contributed by atoms with Crippen LogP contribution in [0.2, 0.25) is 0 Å². The van der Waals surface area contributed by atoms with Gasteiger partial charge in [-0.3, -0.25) is 97.1 Å². The maximum absolute atomic E-state index is 15.1. The van der Waals surface area contributed by atoms with Crippen molar-refractivity contribution in [3.05, 3.63) is 65.7 Å². The quantitative estimate of drug-likeness (QED) is 0.0127. The molecule has 2 aromatic carbocycles. The van der Waals surface area contributed by atoms with Crippen molar-refractivity contribution in [3.8, 4) is 5.75 Å². The number of carboxylic acid groups (broad SMARTS) is 3. The first-order valence-corrected chi connectivity index (χ1v) is 44.2. The Morgan fingerprint density at radius 1 is 0.531 bits per heavy atom. The molecule has 0 saturated carbocycles. The van der Waals surface area contributed by atoms with Crippen molar-refractivity contribution < 1.29 is 122 Å². The van der Waals surface area contributed by atoms with Gasteiger partial charge >= 0.3 is 11.9 Å². The van der Waals surface area contributed by atoms with Gasteiger partial charge < -0.3 is 144 Å². The molecule has 1 heterocycles. The summed E-state index contributed by atoms with van der Waals surface area (Å²) in [6.45, 7) is 9.37. The van der Waals surface area contributed by atoms with Crippen molar-refractivity contribution >= 4 is 146 Å². The van der Waals surface area contributed by atoms with Gasteiger partial charge in [0.05, 0.1) is 32.3 Å². The molecular weight excluding hydrogens is 1750 g/mol. The van der Waals surface area contributed by atoms with Gasteiger partial charge in [-0.2, -0.15) is 0 Å². The number of benzene rings is 2. The van der Waals surface area contributed by atoms with E-state index < -0.39 is 297 Å². The molecule has 3 rings (SSSR count). The summed E-state index contributed by atoms with van der Waals surface area (Å²) in [5.74, 6) is -26.0. The van der Waals surface area contributed by atoms with Crippen molar-refractivity contribution in [3.63, 3.8) is 0 Å². The monoisotopic (exact) mass is 1870 g/mol. The van der Waals surface area contributed by atoms with E-state index in [9.17, 15) is 102 Å². The number of phenols is 1. The van der Waals surface area contributed by atoms with E-state index in [0.29, 0.717) is 32.7 Å². The molecule has 0 unspecified atom stereocenters. The molecule has 0 radical (unpaired) electrons. The molecule has 48 nitrogen and oxygen atoms in total. The average molecular weight is 1880 g/mol.